The summed E-state index contributed by atoms with van der Waals surface area (Å²) in [5, 5.41) is 0. The molecule has 2 heterocycles. The molecule has 0 bridgehead atoms. The van der Waals surface area contributed by atoms with E-state index in [0.29, 0.717) is 18.0 Å². The predicted octanol–water partition coefficient (Wildman–Crippen LogP) is 2.03. The number of ether oxygens (including phenoxy) is 3. The van der Waals surface area contributed by atoms with Gasteiger partial charge in [0.15, 0.2) is 23.0 Å². The van der Waals surface area contributed by atoms with E-state index in [1.807, 2.05) is 18.2 Å². The van der Waals surface area contributed by atoms with E-state index in [9.17, 15) is 9.59 Å². The smallest absolute Gasteiger partial charge is 0.289 e. The van der Waals surface area contributed by atoms with Gasteiger partial charge in [-0.2, -0.15) is 0 Å². The molecule has 0 saturated heterocycles. The van der Waals surface area contributed by atoms with Crippen LogP contribution in [0.25, 0.3) is 0 Å². The van der Waals surface area contributed by atoms with Gasteiger partial charge < -0.3 is 19.1 Å². The van der Waals surface area contributed by atoms with Crippen molar-refractivity contribution >= 4 is 11.7 Å². The van der Waals surface area contributed by atoms with Crippen LogP contribution in [-0.4, -0.2) is 36.0 Å². The maximum Gasteiger partial charge on any atom is 0.289 e. The van der Waals surface area contributed by atoms with Crippen LogP contribution >= 0.6 is 0 Å². The molecule has 0 fully saturated rings. The fraction of sp³-hybridized carbons (Fsp3) is 0.412. The number of ketones is 1. The second-order valence-electron chi connectivity index (χ2n) is 6.33. The summed E-state index contributed by atoms with van der Waals surface area (Å²) in [6.45, 7) is 4.10. The molecule has 0 N–H and O–H groups in total. The van der Waals surface area contributed by atoms with Gasteiger partial charge in [-0.15, -0.1) is 0 Å². The normalized spacial score (nSPS) is 18.2. The van der Waals surface area contributed by atoms with Gasteiger partial charge in [0.05, 0.1) is 0 Å². The summed E-state index contributed by atoms with van der Waals surface area (Å²) in [6, 6.07) is 5.55. The average molecular weight is 317 g/mol. The molecule has 0 aromatic heterocycles. The van der Waals surface area contributed by atoms with E-state index in [1.54, 1.807) is 20.9 Å². The van der Waals surface area contributed by atoms with Crippen molar-refractivity contribution in [1.29, 1.82) is 0 Å². The maximum atomic E-state index is 12.5. The molecule has 2 aliphatic rings. The van der Waals surface area contributed by atoms with Crippen molar-refractivity contribution in [2.45, 2.75) is 32.4 Å². The van der Waals surface area contributed by atoms with Gasteiger partial charge in [-0.3, -0.25) is 9.59 Å². The molecule has 6 nitrogen and oxygen atoms in total. The fourth-order valence-corrected chi connectivity index (χ4v) is 2.72. The number of allylic oxidation sites excluding steroid dienone is 1. The van der Waals surface area contributed by atoms with Crippen molar-refractivity contribution in [3.8, 4) is 11.5 Å². The van der Waals surface area contributed by atoms with Gasteiger partial charge in [0.25, 0.3) is 5.91 Å². The maximum absolute atomic E-state index is 12.5. The van der Waals surface area contributed by atoms with Gasteiger partial charge in [-0.1, -0.05) is 12.1 Å². The molecular formula is C17H19NO5. The Balaban J connectivity index is 1.76. The number of rotatable bonds is 3. The zero-order valence-electron chi connectivity index (χ0n) is 13.4. The average Bonchev–Trinajstić information content (AvgIpc) is 2.93. The Morgan fingerprint density at radius 2 is 2.09 bits per heavy atom. The third-order valence-corrected chi connectivity index (χ3v) is 3.72. The van der Waals surface area contributed by atoms with Crippen LogP contribution in [0.4, 0.5) is 0 Å². The third-order valence-electron chi connectivity index (χ3n) is 3.72. The minimum atomic E-state index is -0.664. The zero-order chi connectivity index (χ0) is 16.6. The number of para-hydroxylation sites is 1. The predicted molar refractivity (Wildman–Crippen MR) is 81.9 cm³/mol. The molecule has 122 valence electrons. The highest BCUT2D eigenvalue weighted by atomic mass is 16.7. The molecule has 1 amide bonds. The first-order valence-corrected chi connectivity index (χ1v) is 7.42. The Bertz CT molecular complexity index is 692. The van der Waals surface area contributed by atoms with Crippen molar-refractivity contribution in [1.82, 2.24) is 4.90 Å². The molecule has 1 aromatic rings. The van der Waals surface area contributed by atoms with Crippen LogP contribution in [0, 0.1) is 0 Å². The lowest BCUT2D eigenvalue weighted by Crippen LogP contribution is -2.37. The van der Waals surface area contributed by atoms with Crippen LogP contribution in [0.2, 0.25) is 0 Å². The number of hydrogen-bond donors (Lipinski definition) is 0. The Morgan fingerprint density at radius 3 is 2.83 bits per heavy atom. The first-order valence-electron chi connectivity index (χ1n) is 7.42. The van der Waals surface area contributed by atoms with Crippen molar-refractivity contribution in [2.24, 2.45) is 0 Å². The summed E-state index contributed by atoms with van der Waals surface area (Å²) in [5.41, 5.74) is 0.181. The van der Waals surface area contributed by atoms with Gasteiger partial charge >= 0.3 is 0 Å². The van der Waals surface area contributed by atoms with Crippen LogP contribution in [0.1, 0.15) is 25.8 Å². The molecule has 0 spiro atoms. The lowest BCUT2D eigenvalue weighted by Gasteiger charge is -2.31. The summed E-state index contributed by atoms with van der Waals surface area (Å²) in [7, 11) is 1.66. The van der Waals surface area contributed by atoms with Crippen LogP contribution in [0.3, 0.4) is 0 Å². The standard InChI is InChI=1S/C17H19NO5/c1-17(2)8-12(19)7-14(23-17)16(20)18(3)9-11-5-4-6-13-15(11)22-10-21-13/h4-7H,8-10H2,1-3H3. The lowest BCUT2D eigenvalue weighted by molar-refractivity contribution is -0.137. The molecule has 23 heavy (non-hydrogen) atoms. The largest absolute Gasteiger partial charge is 0.481 e. The van der Waals surface area contributed by atoms with Crippen LogP contribution in [0.15, 0.2) is 30.0 Å². The van der Waals surface area contributed by atoms with Crippen molar-refractivity contribution in [2.75, 3.05) is 13.8 Å². The molecule has 2 aliphatic heterocycles. The molecule has 6 heteroatoms. The highest BCUT2D eigenvalue weighted by Gasteiger charge is 2.33. The third kappa shape index (κ3) is 3.16. The number of carbonyl (C=O) groups is 2. The highest BCUT2D eigenvalue weighted by Crippen LogP contribution is 2.36. The second-order valence-corrected chi connectivity index (χ2v) is 6.33. The second kappa shape index (κ2) is 5.61. The van der Waals surface area contributed by atoms with E-state index in [1.165, 1.54) is 11.0 Å². The number of hydrogen-bond acceptors (Lipinski definition) is 5. The number of benzene rings is 1. The minimum Gasteiger partial charge on any atom is -0.481 e. The van der Waals surface area contributed by atoms with Gasteiger partial charge in [-0.25, -0.2) is 0 Å². The van der Waals surface area contributed by atoms with Gasteiger partial charge in [-0.05, 0) is 19.9 Å². The van der Waals surface area contributed by atoms with Crippen LogP contribution < -0.4 is 9.47 Å². The number of amides is 1. The first-order chi connectivity index (χ1) is 10.9. The zero-order valence-corrected chi connectivity index (χ0v) is 13.4. The summed E-state index contributed by atoms with van der Waals surface area (Å²) in [5.74, 6) is 0.978. The van der Waals surface area contributed by atoms with Crippen molar-refractivity contribution in [3.63, 3.8) is 0 Å². The lowest BCUT2D eigenvalue weighted by atomic mass is 9.98. The van der Waals surface area contributed by atoms with Crippen molar-refractivity contribution < 1.29 is 23.8 Å². The Morgan fingerprint density at radius 1 is 1.30 bits per heavy atom. The molecular weight excluding hydrogens is 298 g/mol. The summed E-state index contributed by atoms with van der Waals surface area (Å²) in [6.07, 6.45) is 1.55. The summed E-state index contributed by atoms with van der Waals surface area (Å²) in [4.78, 5) is 25.8. The molecule has 0 unspecified atom stereocenters. The molecule has 0 atom stereocenters. The highest BCUT2D eigenvalue weighted by molar-refractivity contribution is 6.01. The molecule has 0 saturated carbocycles. The summed E-state index contributed by atoms with van der Waals surface area (Å²) < 4.78 is 16.4. The Labute approximate surface area is 134 Å². The monoisotopic (exact) mass is 317 g/mol. The van der Waals surface area contributed by atoms with E-state index < -0.39 is 5.60 Å². The van der Waals surface area contributed by atoms with E-state index in [-0.39, 0.29) is 30.7 Å². The molecule has 0 aliphatic carbocycles. The SMILES string of the molecule is CN(Cc1cccc2c1OCO2)C(=O)C1=CC(=O)CC(C)(C)O1. The van der Waals surface area contributed by atoms with E-state index in [2.05, 4.69) is 0 Å². The number of nitrogens with zero attached hydrogens (tertiary/aromatic N) is 1. The van der Waals surface area contributed by atoms with Gasteiger partial charge in [0, 0.05) is 31.7 Å². The van der Waals surface area contributed by atoms with Crippen LogP contribution in [0.5, 0.6) is 11.5 Å². The quantitative estimate of drug-likeness (QED) is 0.853. The van der Waals surface area contributed by atoms with Crippen molar-refractivity contribution in [3.05, 3.63) is 35.6 Å². The number of carbonyl (C=O) groups excluding carboxylic acids is 2. The fourth-order valence-electron chi connectivity index (χ4n) is 2.72. The van der Waals surface area contributed by atoms with Crippen LogP contribution in [-0.2, 0) is 20.9 Å². The van der Waals surface area contributed by atoms with E-state index in [0.717, 1.165) is 5.56 Å². The molecule has 3 rings (SSSR count). The number of likely N-dealkylation sites (N-methyl/N-ethyl adjacent to an activating group) is 1. The van der Waals surface area contributed by atoms with E-state index >= 15 is 0 Å². The minimum absolute atomic E-state index is 0.0819. The van der Waals surface area contributed by atoms with Gasteiger partial charge in [0.2, 0.25) is 6.79 Å². The first kappa shape index (κ1) is 15.4. The molecule has 0 radical (unpaired) electrons. The van der Waals surface area contributed by atoms with E-state index in [4.69, 9.17) is 14.2 Å². The molecule has 1 aromatic carbocycles. The summed E-state index contributed by atoms with van der Waals surface area (Å²) >= 11 is 0. The van der Waals surface area contributed by atoms with Gasteiger partial charge in [0.1, 0.15) is 5.60 Å². The topological polar surface area (TPSA) is 65.1 Å². The Kier molecular flexibility index (Phi) is 3.75. The Hall–Kier alpha value is -2.50. The number of fused-ring (bicyclic) bond motifs is 1.